The summed E-state index contributed by atoms with van der Waals surface area (Å²) >= 11 is 0. The molecule has 1 rings (SSSR count). The molecule has 0 saturated carbocycles. The summed E-state index contributed by atoms with van der Waals surface area (Å²) in [5, 5.41) is 11.3. The first kappa shape index (κ1) is 12.9. The smallest absolute Gasteiger partial charge is 0.409 e. The van der Waals surface area contributed by atoms with Gasteiger partial charge in [0.05, 0.1) is 12.8 Å². The highest BCUT2D eigenvalue weighted by Crippen LogP contribution is 2.17. The molecule has 17 heavy (non-hydrogen) atoms. The van der Waals surface area contributed by atoms with Crippen LogP contribution in [0.25, 0.3) is 0 Å². The Balaban J connectivity index is 3.03. The third-order valence-electron chi connectivity index (χ3n) is 2.01. The minimum Gasteiger partial charge on any atom is -0.465 e. The Hall–Kier alpha value is -2.15. The highest BCUT2D eigenvalue weighted by molar-refractivity contribution is 5.95. The van der Waals surface area contributed by atoms with E-state index in [4.69, 9.17) is 5.11 Å². The fraction of sp³-hybridized carbons (Fsp3) is 0.200. The van der Waals surface area contributed by atoms with Gasteiger partial charge in [-0.05, 0) is 18.2 Å². The Labute approximate surface area is 96.6 Å². The second kappa shape index (κ2) is 5.26. The zero-order chi connectivity index (χ0) is 13.0. The van der Waals surface area contributed by atoms with Gasteiger partial charge in [0.1, 0.15) is 5.82 Å². The summed E-state index contributed by atoms with van der Waals surface area (Å²) in [6.45, 7) is 0. The molecule has 0 fully saturated rings. The Kier molecular flexibility index (Phi) is 4.00. The van der Waals surface area contributed by atoms with Gasteiger partial charge in [0.2, 0.25) is 0 Å². The van der Waals surface area contributed by atoms with Gasteiger partial charge in [-0.1, -0.05) is 0 Å². The number of anilines is 1. The number of amides is 2. The minimum atomic E-state index is -1.41. The largest absolute Gasteiger partial charge is 0.465 e. The van der Waals surface area contributed by atoms with Crippen LogP contribution in [0.15, 0.2) is 18.2 Å². The molecule has 7 heteroatoms. The standard InChI is InChI=1S/C10H11FN2O4/c1-13(17-2)9(14)6-3-4-7(11)8(5-6)12-10(15)16/h3-5,12H,1-2H3,(H,15,16). The Bertz CT molecular complexity index is 450. The third-order valence-corrected chi connectivity index (χ3v) is 2.01. The first-order valence-corrected chi connectivity index (χ1v) is 4.57. The van der Waals surface area contributed by atoms with Crippen molar-refractivity contribution in [3.8, 4) is 0 Å². The van der Waals surface area contributed by atoms with E-state index < -0.39 is 17.8 Å². The van der Waals surface area contributed by atoms with Crippen molar-refractivity contribution in [2.75, 3.05) is 19.5 Å². The zero-order valence-corrected chi connectivity index (χ0v) is 9.23. The van der Waals surface area contributed by atoms with Crippen molar-refractivity contribution < 1.29 is 23.9 Å². The Morgan fingerprint density at radius 3 is 2.65 bits per heavy atom. The highest BCUT2D eigenvalue weighted by atomic mass is 19.1. The van der Waals surface area contributed by atoms with Crippen LogP contribution in [-0.2, 0) is 4.84 Å². The molecule has 2 amide bonds. The lowest BCUT2D eigenvalue weighted by Crippen LogP contribution is -2.25. The molecule has 0 spiro atoms. The van der Waals surface area contributed by atoms with Crippen molar-refractivity contribution in [2.24, 2.45) is 0 Å². The maximum atomic E-state index is 13.2. The van der Waals surface area contributed by atoms with Crippen LogP contribution < -0.4 is 5.32 Å². The normalized spacial score (nSPS) is 9.82. The van der Waals surface area contributed by atoms with Gasteiger partial charge in [-0.25, -0.2) is 14.2 Å². The van der Waals surface area contributed by atoms with Gasteiger partial charge in [-0.2, -0.15) is 0 Å². The molecule has 1 aromatic rings. The predicted octanol–water partition coefficient (Wildman–Crippen LogP) is 1.55. The fourth-order valence-corrected chi connectivity index (χ4v) is 1.13. The van der Waals surface area contributed by atoms with Crippen LogP contribution in [0.5, 0.6) is 0 Å². The summed E-state index contributed by atoms with van der Waals surface area (Å²) in [5.41, 5.74) is -0.174. The van der Waals surface area contributed by atoms with Gasteiger partial charge >= 0.3 is 6.09 Å². The average molecular weight is 242 g/mol. The summed E-state index contributed by atoms with van der Waals surface area (Å²) < 4.78 is 13.2. The molecule has 92 valence electrons. The second-order valence-corrected chi connectivity index (χ2v) is 3.11. The summed E-state index contributed by atoms with van der Waals surface area (Å²) in [6.07, 6.45) is -1.41. The first-order chi connectivity index (χ1) is 7.95. The van der Waals surface area contributed by atoms with Crippen LogP contribution in [-0.4, -0.2) is 36.3 Å². The lowest BCUT2D eigenvalue weighted by atomic mass is 10.2. The maximum absolute atomic E-state index is 13.2. The maximum Gasteiger partial charge on any atom is 0.409 e. The topological polar surface area (TPSA) is 78.9 Å². The van der Waals surface area contributed by atoms with Crippen LogP contribution in [0, 0.1) is 5.82 Å². The average Bonchev–Trinajstić information content (AvgIpc) is 2.29. The lowest BCUT2D eigenvalue weighted by Gasteiger charge is -2.14. The van der Waals surface area contributed by atoms with E-state index in [0.29, 0.717) is 0 Å². The summed E-state index contributed by atoms with van der Waals surface area (Å²) in [4.78, 5) is 26.7. The predicted molar refractivity (Wildman–Crippen MR) is 57.2 cm³/mol. The van der Waals surface area contributed by atoms with Crippen LogP contribution in [0.3, 0.4) is 0 Å². The van der Waals surface area contributed by atoms with E-state index in [2.05, 4.69) is 4.84 Å². The van der Waals surface area contributed by atoms with E-state index in [1.165, 1.54) is 20.2 Å². The van der Waals surface area contributed by atoms with Crippen molar-refractivity contribution >= 4 is 17.7 Å². The van der Waals surface area contributed by atoms with Crippen molar-refractivity contribution in [3.05, 3.63) is 29.6 Å². The molecule has 0 unspecified atom stereocenters. The number of hydrogen-bond acceptors (Lipinski definition) is 3. The Morgan fingerprint density at radius 1 is 1.47 bits per heavy atom. The monoisotopic (exact) mass is 242 g/mol. The van der Waals surface area contributed by atoms with Crippen LogP contribution >= 0.6 is 0 Å². The Morgan fingerprint density at radius 2 is 2.12 bits per heavy atom. The van der Waals surface area contributed by atoms with E-state index >= 15 is 0 Å². The number of nitrogens with zero attached hydrogens (tertiary/aromatic N) is 1. The molecular weight excluding hydrogens is 231 g/mol. The molecule has 0 aliphatic rings. The van der Waals surface area contributed by atoms with Crippen molar-refractivity contribution in [2.45, 2.75) is 0 Å². The molecule has 0 aliphatic carbocycles. The molecule has 6 nitrogen and oxygen atoms in total. The molecule has 1 aromatic carbocycles. The van der Waals surface area contributed by atoms with Crippen molar-refractivity contribution in [1.29, 1.82) is 0 Å². The van der Waals surface area contributed by atoms with E-state index in [0.717, 1.165) is 17.2 Å². The van der Waals surface area contributed by atoms with Gasteiger partial charge in [-0.15, -0.1) is 0 Å². The number of carbonyl (C=O) groups excluding carboxylic acids is 1. The third kappa shape index (κ3) is 3.15. The van der Waals surface area contributed by atoms with Gasteiger partial charge in [0, 0.05) is 12.6 Å². The molecule has 0 aromatic heterocycles. The number of carbonyl (C=O) groups is 2. The van der Waals surface area contributed by atoms with E-state index in [1.807, 2.05) is 5.32 Å². The number of rotatable bonds is 3. The summed E-state index contributed by atoms with van der Waals surface area (Å²) in [6, 6.07) is 3.34. The van der Waals surface area contributed by atoms with Gasteiger partial charge in [-0.3, -0.25) is 14.9 Å². The van der Waals surface area contributed by atoms with Gasteiger partial charge in [0.25, 0.3) is 5.91 Å². The number of halogens is 1. The van der Waals surface area contributed by atoms with Gasteiger partial charge in [0.15, 0.2) is 0 Å². The van der Waals surface area contributed by atoms with E-state index in [9.17, 15) is 14.0 Å². The molecule has 0 saturated heterocycles. The number of benzene rings is 1. The van der Waals surface area contributed by atoms with Crippen molar-refractivity contribution in [3.63, 3.8) is 0 Å². The molecule has 0 bridgehead atoms. The first-order valence-electron chi connectivity index (χ1n) is 4.57. The highest BCUT2D eigenvalue weighted by Gasteiger charge is 2.14. The molecule has 0 aliphatic heterocycles. The van der Waals surface area contributed by atoms with Crippen LogP contribution in [0.4, 0.5) is 14.9 Å². The minimum absolute atomic E-state index is 0.111. The SMILES string of the molecule is CON(C)C(=O)c1ccc(F)c(NC(=O)O)c1. The van der Waals surface area contributed by atoms with Gasteiger partial charge < -0.3 is 5.11 Å². The number of nitrogens with one attached hydrogen (secondary N) is 1. The molecule has 0 atom stereocenters. The van der Waals surface area contributed by atoms with E-state index in [1.54, 1.807) is 0 Å². The summed E-state index contributed by atoms with van der Waals surface area (Å²) in [5.74, 6) is -1.27. The zero-order valence-electron chi connectivity index (χ0n) is 9.23. The molecule has 0 heterocycles. The number of carboxylic acid groups (broad SMARTS) is 1. The van der Waals surface area contributed by atoms with Crippen LogP contribution in [0.2, 0.25) is 0 Å². The van der Waals surface area contributed by atoms with Crippen molar-refractivity contribution in [1.82, 2.24) is 5.06 Å². The molecular formula is C10H11FN2O4. The quantitative estimate of drug-likeness (QED) is 0.788. The summed E-state index contributed by atoms with van der Waals surface area (Å²) in [7, 11) is 2.69. The fourth-order valence-electron chi connectivity index (χ4n) is 1.13. The second-order valence-electron chi connectivity index (χ2n) is 3.11. The van der Waals surface area contributed by atoms with Crippen LogP contribution in [0.1, 0.15) is 10.4 Å². The number of hydroxylamine groups is 2. The van der Waals surface area contributed by atoms with E-state index in [-0.39, 0.29) is 11.3 Å². The molecule has 0 radical (unpaired) electrons. The molecule has 2 N–H and O–H groups in total. The lowest BCUT2D eigenvalue weighted by molar-refractivity contribution is -0.0756. The number of hydrogen-bond donors (Lipinski definition) is 2.